The lowest BCUT2D eigenvalue weighted by Crippen LogP contribution is -2.44. The number of nitrogens with zero attached hydrogens (tertiary/aromatic N) is 1. The Morgan fingerprint density at radius 3 is 2.00 bits per heavy atom. The summed E-state index contributed by atoms with van der Waals surface area (Å²) in [5.41, 5.74) is -1.06. The summed E-state index contributed by atoms with van der Waals surface area (Å²) in [6, 6.07) is 0. The van der Waals surface area contributed by atoms with E-state index in [-0.39, 0.29) is 6.54 Å². The Morgan fingerprint density at radius 2 is 1.71 bits per heavy atom. The summed E-state index contributed by atoms with van der Waals surface area (Å²) in [7, 11) is 2.14. The van der Waals surface area contributed by atoms with Gasteiger partial charge in [-0.25, -0.2) is 8.42 Å². The van der Waals surface area contributed by atoms with Gasteiger partial charge in [-0.2, -0.15) is 13.2 Å². The van der Waals surface area contributed by atoms with Crippen molar-refractivity contribution in [3.8, 4) is 0 Å². The molecule has 0 aliphatic heterocycles. The molecule has 0 aromatic heterocycles. The monoisotopic (exact) mass is 295 g/mol. The fourth-order valence-electron chi connectivity index (χ4n) is 1.44. The highest BCUT2D eigenvalue weighted by Gasteiger charge is 2.42. The van der Waals surface area contributed by atoms with Crippen LogP contribution in [0.5, 0.6) is 0 Å². The van der Waals surface area contributed by atoms with Crippen molar-refractivity contribution >= 4 is 25.6 Å². The standard InChI is InChI=1S/C8H13ClF3NO3S/c1-7(2,5-17(9,15)16)4-13(3)6(14)8(10,11)12/h4-5H2,1-3H3. The lowest BCUT2D eigenvalue weighted by Gasteiger charge is -2.29. The molecule has 0 rings (SSSR count). The molecular formula is C8H13ClF3NO3S. The smallest absolute Gasteiger partial charge is 0.337 e. The first-order valence-electron chi connectivity index (χ1n) is 4.49. The maximum Gasteiger partial charge on any atom is 0.471 e. The molecule has 0 aromatic carbocycles. The first kappa shape index (κ1) is 16.5. The molecule has 102 valence electrons. The SMILES string of the molecule is CN(CC(C)(C)CS(=O)(=O)Cl)C(=O)C(F)(F)F. The van der Waals surface area contributed by atoms with Crippen molar-refractivity contribution in [3.05, 3.63) is 0 Å². The molecule has 0 N–H and O–H groups in total. The first-order valence-corrected chi connectivity index (χ1v) is 6.97. The summed E-state index contributed by atoms with van der Waals surface area (Å²) in [5.74, 6) is -2.53. The first-order chi connectivity index (χ1) is 7.25. The molecular weight excluding hydrogens is 283 g/mol. The Kier molecular flexibility index (Phi) is 4.86. The van der Waals surface area contributed by atoms with Gasteiger partial charge in [0.1, 0.15) is 0 Å². The minimum Gasteiger partial charge on any atom is -0.337 e. The highest BCUT2D eigenvalue weighted by atomic mass is 35.7. The fraction of sp³-hybridized carbons (Fsp3) is 0.875. The molecule has 0 unspecified atom stereocenters. The molecule has 0 saturated heterocycles. The second-order valence-electron chi connectivity index (χ2n) is 4.51. The summed E-state index contributed by atoms with van der Waals surface area (Å²) in [6.07, 6.45) is -4.97. The average Bonchev–Trinajstić information content (AvgIpc) is 1.94. The van der Waals surface area contributed by atoms with Gasteiger partial charge >= 0.3 is 12.1 Å². The number of carbonyl (C=O) groups is 1. The maximum absolute atomic E-state index is 12.1. The molecule has 0 bridgehead atoms. The largest absolute Gasteiger partial charge is 0.471 e. The summed E-state index contributed by atoms with van der Waals surface area (Å²) < 4.78 is 57.9. The summed E-state index contributed by atoms with van der Waals surface area (Å²) >= 11 is 0. The molecule has 0 aliphatic rings. The molecule has 9 heteroatoms. The van der Waals surface area contributed by atoms with Crippen molar-refractivity contribution in [2.75, 3.05) is 19.3 Å². The third-order valence-electron chi connectivity index (χ3n) is 1.82. The van der Waals surface area contributed by atoms with Gasteiger partial charge in [0.25, 0.3) is 0 Å². The quantitative estimate of drug-likeness (QED) is 0.740. The van der Waals surface area contributed by atoms with Gasteiger partial charge in [-0.3, -0.25) is 4.79 Å². The predicted molar refractivity (Wildman–Crippen MR) is 57.1 cm³/mol. The van der Waals surface area contributed by atoms with Crippen molar-refractivity contribution in [2.24, 2.45) is 5.41 Å². The number of halogens is 4. The molecule has 0 heterocycles. The molecule has 0 spiro atoms. The molecule has 0 saturated carbocycles. The lowest BCUT2D eigenvalue weighted by atomic mass is 9.96. The molecule has 1 amide bonds. The van der Waals surface area contributed by atoms with Gasteiger partial charge in [0.05, 0.1) is 5.75 Å². The second kappa shape index (κ2) is 5.01. The number of alkyl halides is 3. The molecule has 0 aliphatic carbocycles. The van der Waals surface area contributed by atoms with Crippen molar-refractivity contribution in [3.63, 3.8) is 0 Å². The van der Waals surface area contributed by atoms with Gasteiger partial charge in [-0.1, -0.05) is 13.8 Å². The van der Waals surface area contributed by atoms with Crippen LogP contribution < -0.4 is 0 Å². The van der Waals surface area contributed by atoms with Crippen molar-refractivity contribution < 1.29 is 26.4 Å². The molecule has 0 radical (unpaired) electrons. The van der Waals surface area contributed by atoms with E-state index in [1.54, 1.807) is 0 Å². The van der Waals surface area contributed by atoms with E-state index in [1.165, 1.54) is 13.8 Å². The predicted octanol–water partition coefficient (Wildman–Crippen LogP) is 1.60. The van der Waals surface area contributed by atoms with Crippen LogP contribution in [-0.4, -0.2) is 44.7 Å². The van der Waals surface area contributed by atoms with E-state index in [2.05, 4.69) is 0 Å². The van der Waals surface area contributed by atoms with Crippen LogP contribution in [-0.2, 0) is 13.8 Å². The second-order valence-corrected chi connectivity index (χ2v) is 7.28. The number of carbonyl (C=O) groups excluding carboxylic acids is 1. The van der Waals surface area contributed by atoms with Crippen LogP contribution in [0.3, 0.4) is 0 Å². The Bertz CT molecular complexity index is 391. The van der Waals surface area contributed by atoms with Crippen LogP contribution in [0, 0.1) is 5.41 Å². The fourth-order valence-corrected chi connectivity index (χ4v) is 3.35. The molecule has 0 atom stereocenters. The van der Waals surface area contributed by atoms with E-state index < -0.39 is 32.3 Å². The van der Waals surface area contributed by atoms with Crippen molar-refractivity contribution in [2.45, 2.75) is 20.0 Å². The maximum atomic E-state index is 12.1. The minimum atomic E-state index is -4.97. The van der Waals surface area contributed by atoms with E-state index in [1.807, 2.05) is 0 Å². The van der Waals surface area contributed by atoms with Gasteiger partial charge in [0.2, 0.25) is 9.05 Å². The van der Waals surface area contributed by atoms with Gasteiger partial charge in [0.15, 0.2) is 0 Å². The third-order valence-corrected chi connectivity index (χ3v) is 3.27. The van der Waals surface area contributed by atoms with E-state index in [4.69, 9.17) is 10.7 Å². The van der Waals surface area contributed by atoms with E-state index in [0.717, 1.165) is 7.05 Å². The van der Waals surface area contributed by atoms with Crippen LogP contribution in [0.4, 0.5) is 13.2 Å². The Labute approximate surface area is 102 Å². The Morgan fingerprint density at radius 1 is 1.29 bits per heavy atom. The van der Waals surface area contributed by atoms with Gasteiger partial charge in [-0.05, 0) is 5.41 Å². The minimum absolute atomic E-state index is 0.364. The zero-order valence-corrected chi connectivity index (χ0v) is 11.1. The Hall–Kier alpha value is -0.500. The van der Waals surface area contributed by atoms with Gasteiger partial charge in [-0.15, -0.1) is 0 Å². The zero-order valence-electron chi connectivity index (χ0n) is 9.51. The topological polar surface area (TPSA) is 54.5 Å². The van der Waals surface area contributed by atoms with Crippen LogP contribution in [0.15, 0.2) is 0 Å². The van der Waals surface area contributed by atoms with E-state index >= 15 is 0 Å². The number of amides is 1. The Balaban J connectivity index is 4.69. The van der Waals surface area contributed by atoms with Crippen LogP contribution in [0.1, 0.15) is 13.8 Å². The van der Waals surface area contributed by atoms with Gasteiger partial charge in [0, 0.05) is 24.3 Å². The van der Waals surface area contributed by atoms with Crippen LogP contribution in [0.25, 0.3) is 0 Å². The highest BCUT2D eigenvalue weighted by molar-refractivity contribution is 8.13. The van der Waals surface area contributed by atoms with Crippen LogP contribution >= 0.6 is 10.7 Å². The van der Waals surface area contributed by atoms with Crippen molar-refractivity contribution in [1.29, 1.82) is 0 Å². The molecule has 4 nitrogen and oxygen atoms in total. The number of rotatable bonds is 4. The third kappa shape index (κ3) is 6.72. The molecule has 0 aromatic rings. The summed E-state index contributed by atoms with van der Waals surface area (Å²) in [6.45, 7) is 2.46. The van der Waals surface area contributed by atoms with E-state index in [9.17, 15) is 26.4 Å². The number of hydrogen-bond acceptors (Lipinski definition) is 3. The zero-order chi connectivity index (χ0) is 14.1. The normalized spacial score (nSPS) is 13.6. The summed E-state index contributed by atoms with van der Waals surface area (Å²) in [4.78, 5) is 11.3. The molecule has 0 fully saturated rings. The number of hydrogen-bond donors (Lipinski definition) is 0. The highest BCUT2D eigenvalue weighted by Crippen LogP contribution is 2.24. The summed E-state index contributed by atoms with van der Waals surface area (Å²) in [5, 5.41) is 0. The lowest BCUT2D eigenvalue weighted by molar-refractivity contribution is -0.185. The molecule has 17 heavy (non-hydrogen) atoms. The van der Waals surface area contributed by atoms with Crippen LogP contribution in [0.2, 0.25) is 0 Å². The van der Waals surface area contributed by atoms with Gasteiger partial charge < -0.3 is 4.90 Å². The van der Waals surface area contributed by atoms with Crippen molar-refractivity contribution in [1.82, 2.24) is 4.90 Å². The van der Waals surface area contributed by atoms with E-state index in [0.29, 0.717) is 4.90 Å². The average molecular weight is 296 g/mol.